The second kappa shape index (κ2) is 7.62. The minimum Gasteiger partial charge on any atom is -0.549 e. The molecule has 1 aliphatic rings. The second-order valence-electron chi connectivity index (χ2n) is 4.07. The lowest BCUT2D eigenvalue weighted by Gasteiger charge is -2.28. The topological polar surface area (TPSA) is 75.4 Å². The zero-order valence-electron chi connectivity index (χ0n) is 9.70. The standard InChI is InChI=1S/C8H18NO.C2H5NO2/c1-9(7-8-10-2)5-3-4-6-9;3-1-2(4)5/h3-8H2,1-2H3;1,3H2,(H,4,5)/q+1;/p-1. The highest BCUT2D eigenvalue weighted by Crippen LogP contribution is 2.15. The van der Waals surface area contributed by atoms with Crippen molar-refractivity contribution in [3.05, 3.63) is 0 Å². The Morgan fingerprint density at radius 3 is 2.27 bits per heavy atom. The number of nitrogens with zero attached hydrogens (tertiary/aromatic N) is 1. The number of carboxylic acid groups (broad SMARTS) is 1. The molecule has 1 saturated heterocycles. The maximum absolute atomic E-state index is 9.13. The van der Waals surface area contributed by atoms with E-state index in [1.807, 2.05) is 0 Å². The van der Waals surface area contributed by atoms with Crippen LogP contribution in [0.4, 0.5) is 0 Å². The third-order valence-corrected chi connectivity index (χ3v) is 2.65. The molecular formula is C10H22N2O3. The molecule has 0 aromatic rings. The van der Waals surface area contributed by atoms with Gasteiger partial charge in [-0.2, -0.15) is 0 Å². The summed E-state index contributed by atoms with van der Waals surface area (Å²) < 4.78 is 6.28. The highest BCUT2D eigenvalue weighted by molar-refractivity contribution is 5.66. The number of carbonyl (C=O) groups is 1. The highest BCUT2D eigenvalue weighted by Gasteiger charge is 2.25. The SMILES string of the molecule is COCC[N+]1(C)CCCC1.NCC(=O)[O-]. The summed E-state index contributed by atoms with van der Waals surface area (Å²) in [5.41, 5.74) is 4.51. The van der Waals surface area contributed by atoms with Crippen LogP contribution in [0.2, 0.25) is 0 Å². The lowest BCUT2D eigenvalue weighted by molar-refractivity contribution is -0.897. The van der Waals surface area contributed by atoms with Gasteiger partial charge in [0, 0.05) is 26.5 Å². The van der Waals surface area contributed by atoms with Gasteiger partial charge in [0.2, 0.25) is 0 Å². The monoisotopic (exact) mass is 218 g/mol. The van der Waals surface area contributed by atoms with Crippen molar-refractivity contribution in [3.8, 4) is 0 Å². The Labute approximate surface area is 91.4 Å². The van der Waals surface area contributed by atoms with Crippen molar-refractivity contribution < 1.29 is 19.1 Å². The first kappa shape index (κ1) is 14.3. The number of likely N-dealkylation sites (N-methyl/N-ethyl adjacent to an activating group) is 1. The molecule has 0 atom stereocenters. The number of ether oxygens (including phenoxy) is 1. The lowest BCUT2D eigenvalue weighted by atomic mass is 10.4. The number of likely N-dealkylation sites (tertiary alicyclic amines) is 1. The molecule has 1 heterocycles. The Hall–Kier alpha value is -0.650. The predicted molar refractivity (Wildman–Crippen MR) is 56.0 cm³/mol. The molecular weight excluding hydrogens is 196 g/mol. The van der Waals surface area contributed by atoms with Crippen molar-refractivity contribution in [1.29, 1.82) is 0 Å². The van der Waals surface area contributed by atoms with Gasteiger partial charge in [-0.05, 0) is 0 Å². The average Bonchev–Trinajstić information content (AvgIpc) is 2.64. The Morgan fingerprint density at radius 2 is 1.93 bits per heavy atom. The number of rotatable bonds is 4. The van der Waals surface area contributed by atoms with E-state index in [-0.39, 0.29) is 6.54 Å². The van der Waals surface area contributed by atoms with Crippen molar-refractivity contribution >= 4 is 5.97 Å². The molecule has 0 spiro atoms. The van der Waals surface area contributed by atoms with Gasteiger partial charge >= 0.3 is 0 Å². The summed E-state index contributed by atoms with van der Waals surface area (Å²) in [4.78, 5) is 9.13. The van der Waals surface area contributed by atoms with E-state index in [0.717, 1.165) is 6.61 Å². The zero-order chi connectivity index (χ0) is 11.7. The van der Waals surface area contributed by atoms with E-state index in [1.54, 1.807) is 7.11 Å². The van der Waals surface area contributed by atoms with Crippen LogP contribution in [0, 0.1) is 0 Å². The molecule has 90 valence electrons. The Balaban J connectivity index is 0.000000336. The fourth-order valence-electron chi connectivity index (χ4n) is 1.63. The summed E-state index contributed by atoms with van der Waals surface area (Å²) >= 11 is 0. The molecule has 1 rings (SSSR count). The van der Waals surface area contributed by atoms with Crippen LogP contribution >= 0.6 is 0 Å². The van der Waals surface area contributed by atoms with Crippen LogP contribution in [0.3, 0.4) is 0 Å². The van der Waals surface area contributed by atoms with E-state index in [4.69, 9.17) is 14.6 Å². The normalized spacial score (nSPS) is 18.1. The smallest absolute Gasteiger partial charge is 0.102 e. The first-order chi connectivity index (χ1) is 7.04. The summed E-state index contributed by atoms with van der Waals surface area (Å²) in [6.45, 7) is 4.42. The fraction of sp³-hybridized carbons (Fsp3) is 0.900. The van der Waals surface area contributed by atoms with E-state index in [0.29, 0.717) is 0 Å². The van der Waals surface area contributed by atoms with E-state index in [2.05, 4.69) is 12.8 Å². The molecule has 2 N–H and O–H groups in total. The molecule has 5 heteroatoms. The van der Waals surface area contributed by atoms with Crippen molar-refractivity contribution in [3.63, 3.8) is 0 Å². The minimum atomic E-state index is -1.22. The number of hydrogen-bond acceptors (Lipinski definition) is 4. The van der Waals surface area contributed by atoms with Crippen LogP contribution < -0.4 is 10.8 Å². The van der Waals surface area contributed by atoms with Gasteiger partial charge in [0.1, 0.15) is 6.54 Å². The van der Waals surface area contributed by atoms with Crippen molar-refractivity contribution in [1.82, 2.24) is 0 Å². The molecule has 0 aliphatic carbocycles. The summed E-state index contributed by atoms with van der Waals surface area (Å²) in [5.74, 6) is -1.22. The van der Waals surface area contributed by atoms with Gasteiger partial charge in [0.05, 0.1) is 32.7 Å². The molecule has 0 radical (unpaired) electrons. The summed E-state index contributed by atoms with van der Waals surface area (Å²) in [6, 6.07) is 0. The molecule has 0 bridgehead atoms. The molecule has 15 heavy (non-hydrogen) atoms. The lowest BCUT2D eigenvalue weighted by Crippen LogP contribution is -2.43. The Bertz CT molecular complexity index is 180. The first-order valence-electron chi connectivity index (χ1n) is 5.26. The van der Waals surface area contributed by atoms with Crippen LogP contribution in [-0.2, 0) is 9.53 Å². The highest BCUT2D eigenvalue weighted by atomic mass is 16.5. The van der Waals surface area contributed by atoms with E-state index in [9.17, 15) is 0 Å². The Kier molecular flexibility index (Phi) is 7.29. The third-order valence-electron chi connectivity index (χ3n) is 2.65. The van der Waals surface area contributed by atoms with Gasteiger partial charge in [-0.25, -0.2) is 0 Å². The maximum Gasteiger partial charge on any atom is 0.102 e. The number of carbonyl (C=O) groups excluding carboxylic acids is 1. The van der Waals surface area contributed by atoms with Crippen LogP contribution in [0.15, 0.2) is 0 Å². The molecule has 0 aromatic carbocycles. The molecule has 0 unspecified atom stereocenters. The van der Waals surface area contributed by atoms with E-state index >= 15 is 0 Å². The summed E-state index contributed by atoms with van der Waals surface area (Å²) in [7, 11) is 4.11. The van der Waals surface area contributed by atoms with E-state index < -0.39 is 5.97 Å². The predicted octanol–water partition coefficient (Wildman–Crippen LogP) is -1.43. The quantitative estimate of drug-likeness (QED) is 0.587. The van der Waals surface area contributed by atoms with Gasteiger partial charge in [-0.1, -0.05) is 0 Å². The van der Waals surface area contributed by atoms with E-state index in [1.165, 1.54) is 37.0 Å². The Morgan fingerprint density at radius 1 is 1.47 bits per heavy atom. The van der Waals surface area contributed by atoms with Crippen LogP contribution in [-0.4, -0.2) is 57.4 Å². The zero-order valence-corrected chi connectivity index (χ0v) is 9.70. The molecule has 5 nitrogen and oxygen atoms in total. The van der Waals surface area contributed by atoms with Crippen molar-refractivity contribution in [2.45, 2.75) is 12.8 Å². The summed E-state index contributed by atoms with van der Waals surface area (Å²) in [6.07, 6.45) is 2.81. The van der Waals surface area contributed by atoms with Crippen LogP contribution in [0.25, 0.3) is 0 Å². The van der Waals surface area contributed by atoms with Crippen molar-refractivity contribution in [2.24, 2.45) is 5.73 Å². The number of nitrogens with two attached hydrogens (primary N) is 1. The molecule has 1 fully saturated rings. The molecule has 1 aliphatic heterocycles. The van der Waals surface area contributed by atoms with Gasteiger partial charge in [0.25, 0.3) is 0 Å². The van der Waals surface area contributed by atoms with Crippen molar-refractivity contribution in [2.75, 3.05) is 46.9 Å². The van der Waals surface area contributed by atoms with Gasteiger partial charge in [0.15, 0.2) is 0 Å². The first-order valence-corrected chi connectivity index (χ1v) is 5.26. The number of hydrogen-bond donors (Lipinski definition) is 1. The number of quaternary nitrogens is 1. The number of aliphatic carboxylic acids is 1. The summed E-state index contributed by atoms with van der Waals surface area (Å²) in [5, 5.41) is 9.13. The average molecular weight is 218 g/mol. The van der Waals surface area contributed by atoms with Crippen LogP contribution in [0.5, 0.6) is 0 Å². The number of carboxylic acids is 1. The third kappa shape index (κ3) is 7.30. The molecule has 0 aromatic heterocycles. The van der Waals surface area contributed by atoms with Gasteiger partial charge < -0.3 is 24.9 Å². The molecule has 0 amide bonds. The fourth-order valence-corrected chi connectivity index (χ4v) is 1.63. The van der Waals surface area contributed by atoms with Gasteiger partial charge in [-0.3, -0.25) is 0 Å². The van der Waals surface area contributed by atoms with Gasteiger partial charge in [-0.15, -0.1) is 0 Å². The second-order valence-corrected chi connectivity index (χ2v) is 4.07. The molecule has 0 saturated carbocycles. The minimum absolute atomic E-state index is 0.389. The van der Waals surface area contributed by atoms with Crippen LogP contribution in [0.1, 0.15) is 12.8 Å². The number of methoxy groups -OCH3 is 1. The largest absolute Gasteiger partial charge is 0.549 e. The maximum atomic E-state index is 9.13.